The van der Waals surface area contributed by atoms with E-state index in [-0.39, 0.29) is 0 Å². The summed E-state index contributed by atoms with van der Waals surface area (Å²) >= 11 is 3.37. The minimum atomic E-state index is -3.56. The van der Waals surface area contributed by atoms with E-state index < -0.39 is 15.6 Å². The molecule has 0 aliphatic rings. The highest BCUT2D eigenvalue weighted by Crippen LogP contribution is 2.29. The summed E-state index contributed by atoms with van der Waals surface area (Å²) in [6, 6.07) is 6.97. The SMILES string of the molecule is CN(C(C)(C)CBr)S(=O)(=O)c1cccc2cnccc12. The van der Waals surface area contributed by atoms with Gasteiger partial charge in [-0.05, 0) is 26.0 Å². The Bertz CT molecular complexity index is 724. The van der Waals surface area contributed by atoms with Crippen molar-refractivity contribution in [2.45, 2.75) is 24.3 Å². The van der Waals surface area contributed by atoms with Crippen molar-refractivity contribution < 1.29 is 8.42 Å². The summed E-state index contributed by atoms with van der Waals surface area (Å²) in [7, 11) is -1.95. The van der Waals surface area contributed by atoms with Gasteiger partial charge < -0.3 is 0 Å². The lowest BCUT2D eigenvalue weighted by molar-refractivity contribution is 0.300. The van der Waals surface area contributed by atoms with Gasteiger partial charge in [-0.2, -0.15) is 4.31 Å². The lowest BCUT2D eigenvalue weighted by Crippen LogP contribution is -2.46. The Morgan fingerprint density at radius 1 is 1.30 bits per heavy atom. The molecule has 0 saturated carbocycles. The van der Waals surface area contributed by atoms with Gasteiger partial charge >= 0.3 is 0 Å². The maximum Gasteiger partial charge on any atom is 0.243 e. The molecule has 1 aromatic heterocycles. The van der Waals surface area contributed by atoms with E-state index in [1.165, 1.54) is 4.31 Å². The number of aromatic nitrogens is 1. The molecule has 0 unspecified atom stereocenters. The van der Waals surface area contributed by atoms with Crippen LogP contribution < -0.4 is 0 Å². The molecule has 0 saturated heterocycles. The zero-order valence-electron chi connectivity index (χ0n) is 11.7. The Morgan fingerprint density at radius 2 is 2.00 bits per heavy atom. The van der Waals surface area contributed by atoms with Crippen molar-refractivity contribution in [1.82, 2.24) is 9.29 Å². The van der Waals surface area contributed by atoms with Crippen molar-refractivity contribution in [3.05, 3.63) is 36.7 Å². The van der Waals surface area contributed by atoms with Crippen LogP contribution in [0.15, 0.2) is 41.6 Å². The number of hydrogen-bond acceptors (Lipinski definition) is 3. The fraction of sp³-hybridized carbons (Fsp3) is 0.357. The summed E-state index contributed by atoms with van der Waals surface area (Å²) in [5, 5.41) is 2.07. The van der Waals surface area contributed by atoms with E-state index in [0.717, 1.165) is 5.39 Å². The van der Waals surface area contributed by atoms with Crippen LogP contribution in [0.5, 0.6) is 0 Å². The Balaban J connectivity index is 2.64. The Kier molecular flexibility index (Phi) is 4.18. The van der Waals surface area contributed by atoms with Crippen LogP contribution in [0, 0.1) is 0 Å². The summed E-state index contributed by atoms with van der Waals surface area (Å²) in [5.41, 5.74) is -0.506. The van der Waals surface area contributed by atoms with Crippen LogP contribution in [0.2, 0.25) is 0 Å². The molecule has 108 valence electrons. The first-order valence-electron chi connectivity index (χ1n) is 6.18. The molecule has 0 aliphatic heterocycles. The molecule has 0 bridgehead atoms. The largest absolute Gasteiger partial charge is 0.264 e. The Labute approximate surface area is 128 Å². The average Bonchev–Trinajstić information content (AvgIpc) is 2.45. The standard InChI is InChI=1S/C14H17BrN2O2S/c1-14(2,10-15)17(3)20(18,19)13-6-4-5-11-9-16-8-7-12(11)13/h4-9H,10H2,1-3H3. The molecule has 2 rings (SSSR count). The molecule has 20 heavy (non-hydrogen) atoms. The molecule has 0 atom stereocenters. The first-order chi connectivity index (χ1) is 9.30. The predicted octanol–water partition coefficient (Wildman–Crippen LogP) is 3.03. The lowest BCUT2D eigenvalue weighted by atomic mass is 10.1. The van der Waals surface area contributed by atoms with E-state index in [1.54, 1.807) is 37.6 Å². The molecular formula is C14H17BrN2O2S. The topological polar surface area (TPSA) is 50.3 Å². The third-order valence-corrected chi connectivity index (χ3v) is 6.96. The highest BCUT2D eigenvalue weighted by Gasteiger charge is 2.34. The van der Waals surface area contributed by atoms with Crippen LogP contribution >= 0.6 is 15.9 Å². The monoisotopic (exact) mass is 356 g/mol. The average molecular weight is 357 g/mol. The van der Waals surface area contributed by atoms with E-state index in [9.17, 15) is 8.42 Å². The van der Waals surface area contributed by atoms with Gasteiger partial charge in [0.15, 0.2) is 0 Å². The Hall–Kier alpha value is -0.980. The van der Waals surface area contributed by atoms with E-state index >= 15 is 0 Å². The number of nitrogens with zero attached hydrogens (tertiary/aromatic N) is 2. The van der Waals surface area contributed by atoms with Gasteiger partial charge in [-0.3, -0.25) is 4.98 Å². The van der Waals surface area contributed by atoms with E-state index in [4.69, 9.17) is 0 Å². The number of fused-ring (bicyclic) bond motifs is 1. The molecule has 0 spiro atoms. The third kappa shape index (κ3) is 2.60. The van der Waals surface area contributed by atoms with Gasteiger partial charge in [-0.25, -0.2) is 8.42 Å². The number of alkyl halides is 1. The molecule has 1 heterocycles. The van der Waals surface area contributed by atoms with E-state index in [2.05, 4.69) is 20.9 Å². The molecule has 0 amide bonds. The first-order valence-corrected chi connectivity index (χ1v) is 8.74. The molecule has 0 radical (unpaired) electrons. The van der Waals surface area contributed by atoms with Crippen LogP contribution in [0.3, 0.4) is 0 Å². The minimum absolute atomic E-state index is 0.314. The smallest absolute Gasteiger partial charge is 0.243 e. The molecule has 4 nitrogen and oxygen atoms in total. The molecule has 2 aromatic rings. The second-order valence-corrected chi connectivity index (χ2v) is 7.77. The summed E-state index contributed by atoms with van der Waals surface area (Å²) in [6.45, 7) is 3.76. The van der Waals surface area contributed by atoms with E-state index in [0.29, 0.717) is 15.6 Å². The molecule has 6 heteroatoms. The van der Waals surface area contributed by atoms with Crippen molar-refractivity contribution >= 4 is 36.7 Å². The number of halogens is 1. The quantitative estimate of drug-likeness (QED) is 0.791. The van der Waals surface area contributed by atoms with Gasteiger partial charge in [-0.15, -0.1) is 0 Å². The van der Waals surface area contributed by atoms with Crippen molar-refractivity contribution in [3.63, 3.8) is 0 Å². The molecule has 1 aromatic carbocycles. The van der Waals surface area contributed by atoms with Gasteiger partial charge in [0.1, 0.15) is 0 Å². The number of rotatable bonds is 4. The van der Waals surface area contributed by atoms with Gasteiger partial charge in [0, 0.05) is 41.1 Å². The van der Waals surface area contributed by atoms with Crippen LogP contribution in [0.25, 0.3) is 10.8 Å². The molecule has 0 N–H and O–H groups in total. The second kappa shape index (κ2) is 5.42. The second-order valence-electron chi connectivity index (χ2n) is 5.27. The van der Waals surface area contributed by atoms with Crippen LogP contribution in [0.1, 0.15) is 13.8 Å². The maximum atomic E-state index is 12.8. The van der Waals surface area contributed by atoms with Gasteiger partial charge in [0.25, 0.3) is 0 Å². The number of pyridine rings is 1. The van der Waals surface area contributed by atoms with Crippen molar-refractivity contribution in [2.24, 2.45) is 0 Å². The number of hydrogen-bond donors (Lipinski definition) is 0. The minimum Gasteiger partial charge on any atom is -0.264 e. The van der Waals surface area contributed by atoms with Crippen molar-refractivity contribution in [2.75, 3.05) is 12.4 Å². The lowest BCUT2D eigenvalue weighted by Gasteiger charge is -2.33. The number of benzene rings is 1. The zero-order chi connectivity index (χ0) is 15.0. The van der Waals surface area contributed by atoms with Gasteiger partial charge in [-0.1, -0.05) is 28.1 Å². The van der Waals surface area contributed by atoms with Crippen LogP contribution in [0.4, 0.5) is 0 Å². The fourth-order valence-corrected chi connectivity index (χ4v) is 4.14. The third-order valence-electron chi connectivity index (χ3n) is 3.46. The summed E-state index contributed by atoms with van der Waals surface area (Å²) in [5.74, 6) is 0. The maximum absolute atomic E-state index is 12.8. The first kappa shape index (κ1) is 15.4. The van der Waals surface area contributed by atoms with Gasteiger partial charge in [0.2, 0.25) is 10.0 Å². The zero-order valence-corrected chi connectivity index (χ0v) is 14.1. The van der Waals surface area contributed by atoms with Crippen molar-refractivity contribution in [3.8, 4) is 0 Å². The summed E-state index contributed by atoms with van der Waals surface area (Å²) in [6.07, 6.45) is 3.28. The highest BCUT2D eigenvalue weighted by atomic mass is 79.9. The van der Waals surface area contributed by atoms with Crippen LogP contribution in [-0.4, -0.2) is 35.6 Å². The predicted molar refractivity (Wildman–Crippen MR) is 84.6 cm³/mol. The molecule has 0 fully saturated rings. The van der Waals surface area contributed by atoms with E-state index in [1.807, 2.05) is 19.9 Å². The summed E-state index contributed by atoms with van der Waals surface area (Å²) in [4.78, 5) is 4.34. The molecular weight excluding hydrogens is 340 g/mol. The summed E-state index contributed by atoms with van der Waals surface area (Å²) < 4.78 is 27.1. The fourth-order valence-electron chi connectivity index (χ4n) is 1.87. The van der Waals surface area contributed by atoms with Crippen LogP contribution in [-0.2, 0) is 10.0 Å². The molecule has 0 aliphatic carbocycles. The Morgan fingerprint density at radius 3 is 2.65 bits per heavy atom. The van der Waals surface area contributed by atoms with Crippen molar-refractivity contribution in [1.29, 1.82) is 0 Å². The highest BCUT2D eigenvalue weighted by molar-refractivity contribution is 9.09. The number of sulfonamides is 1. The van der Waals surface area contributed by atoms with Gasteiger partial charge in [0.05, 0.1) is 4.90 Å². The normalized spacial score (nSPS) is 13.1.